The zero-order valence-electron chi connectivity index (χ0n) is 24.8. The molecule has 0 atom stereocenters. The summed E-state index contributed by atoms with van der Waals surface area (Å²) in [4.78, 5) is 26.3. The third-order valence-electron chi connectivity index (χ3n) is 7.47. The maximum absolute atomic E-state index is 11.9. The van der Waals surface area contributed by atoms with Crippen molar-refractivity contribution in [2.75, 3.05) is 45.0 Å². The molecule has 220 valence electrons. The molecule has 1 aliphatic rings. The van der Waals surface area contributed by atoms with Crippen LogP contribution >= 0.6 is 11.3 Å². The van der Waals surface area contributed by atoms with Gasteiger partial charge in [0.1, 0.15) is 16.9 Å². The van der Waals surface area contributed by atoms with Gasteiger partial charge in [-0.05, 0) is 49.8 Å². The lowest BCUT2D eigenvalue weighted by atomic mass is 10.1. The Bertz CT molecular complexity index is 1460. The van der Waals surface area contributed by atoms with E-state index in [2.05, 4.69) is 61.2 Å². The first kappa shape index (κ1) is 29.3. The van der Waals surface area contributed by atoms with Crippen LogP contribution in [0.25, 0.3) is 21.3 Å². The smallest absolute Gasteiger partial charge is 0.407 e. The first-order valence-electron chi connectivity index (χ1n) is 14.7. The molecule has 0 radical (unpaired) electrons. The molecule has 3 aromatic heterocycles. The number of amides is 1. The van der Waals surface area contributed by atoms with Gasteiger partial charge >= 0.3 is 6.09 Å². The lowest BCUT2D eigenvalue weighted by Crippen LogP contribution is -2.48. The minimum absolute atomic E-state index is 0.348. The zero-order valence-corrected chi connectivity index (χ0v) is 25.6. The Kier molecular flexibility index (Phi) is 9.11. The van der Waals surface area contributed by atoms with Crippen LogP contribution in [0.1, 0.15) is 57.5 Å². The summed E-state index contributed by atoms with van der Waals surface area (Å²) in [6, 6.07) is 11.1. The van der Waals surface area contributed by atoms with Gasteiger partial charge in [-0.1, -0.05) is 37.6 Å². The van der Waals surface area contributed by atoms with E-state index in [1.54, 1.807) is 11.3 Å². The molecule has 1 amide bonds. The predicted molar refractivity (Wildman–Crippen MR) is 167 cm³/mol. The van der Waals surface area contributed by atoms with Gasteiger partial charge in [0.25, 0.3) is 0 Å². The lowest BCUT2D eigenvalue weighted by Gasteiger charge is -2.34. The van der Waals surface area contributed by atoms with Crippen LogP contribution in [0.5, 0.6) is 0 Å². The topological polar surface area (TPSA) is 102 Å². The van der Waals surface area contributed by atoms with Crippen molar-refractivity contribution in [1.29, 1.82) is 0 Å². The third-order valence-corrected chi connectivity index (χ3v) is 8.38. The number of hydrogen-bond donors (Lipinski definition) is 2. The standard InChI is InChI=1S/C31H43N7O2S/c1-5-6-7-25-35-26-27(28-24(12-19-41-28)34-29(26)32)38(25)21-23-10-8-22(9-11-23)20-37-17-15-36(16-18-37)14-13-33-30(39)40-31(2,3)4/h8-12,19H,5-7,13-18,20-21H2,1-4H3,(H2,32,34)(H,33,39). The third kappa shape index (κ3) is 7.36. The molecular weight excluding hydrogens is 534 g/mol. The molecule has 4 heterocycles. The summed E-state index contributed by atoms with van der Waals surface area (Å²) in [7, 11) is 0. The first-order valence-corrected chi connectivity index (χ1v) is 15.6. The molecule has 0 spiro atoms. The van der Waals surface area contributed by atoms with Crippen LogP contribution in [-0.4, -0.2) is 75.3 Å². The average molecular weight is 578 g/mol. The Morgan fingerprint density at radius 1 is 1.02 bits per heavy atom. The van der Waals surface area contributed by atoms with Gasteiger partial charge in [0.2, 0.25) is 0 Å². The summed E-state index contributed by atoms with van der Waals surface area (Å²) in [6.07, 6.45) is 2.80. The second kappa shape index (κ2) is 12.8. The number of nitrogen functional groups attached to an aromatic ring is 1. The van der Waals surface area contributed by atoms with E-state index in [9.17, 15) is 4.79 Å². The zero-order chi connectivity index (χ0) is 29.0. The normalized spacial score (nSPS) is 15.1. The second-order valence-corrected chi connectivity index (χ2v) is 12.8. The number of unbranched alkanes of at least 4 members (excludes halogenated alkanes) is 1. The molecule has 10 heteroatoms. The van der Waals surface area contributed by atoms with Crippen LogP contribution in [0.2, 0.25) is 0 Å². The largest absolute Gasteiger partial charge is 0.444 e. The Morgan fingerprint density at radius 3 is 2.39 bits per heavy atom. The number of thiophene rings is 1. The Hall–Kier alpha value is -3.21. The molecule has 0 bridgehead atoms. The highest BCUT2D eigenvalue weighted by molar-refractivity contribution is 7.18. The quantitative estimate of drug-likeness (QED) is 0.265. The number of aromatic nitrogens is 3. The van der Waals surface area contributed by atoms with Crippen molar-refractivity contribution in [2.45, 2.75) is 65.6 Å². The summed E-state index contributed by atoms with van der Waals surface area (Å²) in [5.74, 6) is 1.59. The number of imidazole rings is 1. The van der Waals surface area contributed by atoms with E-state index >= 15 is 0 Å². The summed E-state index contributed by atoms with van der Waals surface area (Å²) in [5, 5.41) is 4.94. The van der Waals surface area contributed by atoms with E-state index in [0.717, 1.165) is 92.2 Å². The number of rotatable bonds is 10. The summed E-state index contributed by atoms with van der Waals surface area (Å²) in [5.41, 5.74) is 11.3. The minimum Gasteiger partial charge on any atom is -0.444 e. The molecule has 1 aromatic carbocycles. The molecule has 1 aliphatic heterocycles. The Morgan fingerprint density at radius 2 is 1.71 bits per heavy atom. The lowest BCUT2D eigenvalue weighted by molar-refractivity contribution is 0.0515. The SMILES string of the molecule is CCCCc1nc2c(N)nc3ccsc3c2n1Cc1ccc(CN2CCN(CCNC(=O)OC(C)(C)C)CC2)cc1. The molecular formula is C31H43N7O2S. The second-order valence-electron chi connectivity index (χ2n) is 11.9. The number of nitrogens with one attached hydrogen (secondary N) is 1. The number of fused-ring (bicyclic) bond motifs is 3. The van der Waals surface area contributed by atoms with E-state index in [4.69, 9.17) is 15.5 Å². The fraction of sp³-hybridized carbons (Fsp3) is 0.516. The van der Waals surface area contributed by atoms with Crippen LogP contribution in [0, 0.1) is 0 Å². The highest BCUT2D eigenvalue weighted by Gasteiger charge is 2.20. The van der Waals surface area contributed by atoms with Gasteiger partial charge < -0.3 is 20.4 Å². The number of alkyl carbamates (subject to hydrolysis) is 1. The highest BCUT2D eigenvalue weighted by atomic mass is 32.1. The molecule has 0 saturated carbocycles. The molecule has 1 saturated heterocycles. The number of nitrogens with two attached hydrogens (primary N) is 1. The van der Waals surface area contributed by atoms with Crippen LogP contribution in [0.4, 0.5) is 10.6 Å². The van der Waals surface area contributed by atoms with Gasteiger partial charge in [-0.2, -0.15) is 0 Å². The number of benzene rings is 1. The van der Waals surface area contributed by atoms with Gasteiger partial charge in [0, 0.05) is 58.8 Å². The van der Waals surface area contributed by atoms with Crippen molar-refractivity contribution in [3.63, 3.8) is 0 Å². The molecule has 0 unspecified atom stereocenters. The van der Waals surface area contributed by atoms with Crippen molar-refractivity contribution >= 4 is 44.5 Å². The molecule has 4 aromatic rings. The van der Waals surface area contributed by atoms with Crippen LogP contribution < -0.4 is 11.1 Å². The number of anilines is 1. The number of hydrogen-bond acceptors (Lipinski definition) is 8. The van der Waals surface area contributed by atoms with Crippen molar-refractivity contribution in [1.82, 2.24) is 29.7 Å². The van der Waals surface area contributed by atoms with Gasteiger partial charge in [-0.15, -0.1) is 11.3 Å². The van der Waals surface area contributed by atoms with Gasteiger partial charge in [0.15, 0.2) is 5.82 Å². The van der Waals surface area contributed by atoms with Crippen LogP contribution in [0.3, 0.4) is 0 Å². The van der Waals surface area contributed by atoms with Crippen molar-refractivity contribution in [2.24, 2.45) is 0 Å². The minimum atomic E-state index is -0.470. The summed E-state index contributed by atoms with van der Waals surface area (Å²) in [6.45, 7) is 15.0. The molecule has 3 N–H and O–H groups in total. The van der Waals surface area contributed by atoms with Crippen molar-refractivity contribution in [3.05, 3.63) is 52.7 Å². The fourth-order valence-corrected chi connectivity index (χ4v) is 6.23. The number of pyridine rings is 1. The number of aryl methyl sites for hydroxylation is 1. The highest BCUT2D eigenvalue weighted by Crippen LogP contribution is 2.33. The first-order chi connectivity index (χ1) is 19.7. The van der Waals surface area contributed by atoms with Gasteiger partial charge in [0.05, 0.1) is 15.7 Å². The number of carbonyl (C=O) groups excluding carboxylic acids is 1. The molecule has 5 rings (SSSR count). The monoisotopic (exact) mass is 577 g/mol. The van der Waals surface area contributed by atoms with E-state index in [1.807, 2.05) is 26.8 Å². The van der Waals surface area contributed by atoms with E-state index < -0.39 is 5.60 Å². The number of piperazine rings is 1. The maximum atomic E-state index is 11.9. The van der Waals surface area contributed by atoms with Crippen LogP contribution in [0.15, 0.2) is 35.7 Å². The predicted octanol–water partition coefficient (Wildman–Crippen LogP) is 5.26. The van der Waals surface area contributed by atoms with E-state index in [0.29, 0.717) is 12.4 Å². The molecule has 1 fully saturated rings. The number of nitrogens with zero attached hydrogens (tertiary/aromatic N) is 5. The fourth-order valence-electron chi connectivity index (χ4n) is 5.35. The van der Waals surface area contributed by atoms with Gasteiger partial charge in [-0.25, -0.2) is 14.8 Å². The number of carbonyl (C=O) groups is 1. The number of ether oxygens (including phenoxy) is 1. The van der Waals surface area contributed by atoms with Crippen molar-refractivity contribution in [3.8, 4) is 0 Å². The Labute approximate surface area is 246 Å². The average Bonchev–Trinajstić information content (AvgIpc) is 3.53. The van der Waals surface area contributed by atoms with E-state index in [-0.39, 0.29) is 6.09 Å². The summed E-state index contributed by atoms with van der Waals surface area (Å²) >= 11 is 1.70. The van der Waals surface area contributed by atoms with Gasteiger partial charge in [-0.3, -0.25) is 9.80 Å². The Balaban J connectivity index is 1.18. The van der Waals surface area contributed by atoms with E-state index in [1.165, 1.54) is 11.1 Å². The van der Waals surface area contributed by atoms with Crippen LogP contribution in [-0.2, 0) is 24.2 Å². The molecule has 9 nitrogen and oxygen atoms in total. The maximum Gasteiger partial charge on any atom is 0.407 e. The summed E-state index contributed by atoms with van der Waals surface area (Å²) < 4.78 is 8.83. The molecule has 41 heavy (non-hydrogen) atoms. The molecule has 0 aliphatic carbocycles. The van der Waals surface area contributed by atoms with Crippen molar-refractivity contribution < 1.29 is 9.53 Å².